The summed E-state index contributed by atoms with van der Waals surface area (Å²) in [5.41, 5.74) is 4.52. The molecule has 0 fully saturated rings. The lowest BCUT2D eigenvalue weighted by Gasteiger charge is -2.17. The molecule has 1 aliphatic rings. The number of nitrogens with one attached hydrogen (secondary N) is 1. The number of aromatic nitrogens is 1. The van der Waals surface area contributed by atoms with E-state index < -0.39 is 14.6 Å². The number of rotatable bonds is 4. The van der Waals surface area contributed by atoms with Crippen LogP contribution in [0.1, 0.15) is 22.5 Å². The molecule has 0 atom stereocenters. The Balaban J connectivity index is 2.01. The average Bonchev–Trinajstić information content (AvgIpc) is 2.95. The van der Waals surface area contributed by atoms with Gasteiger partial charge in [-0.3, -0.25) is 14.2 Å². The van der Waals surface area contributed by atoms with Gasteiger partial charge in [0.05, 0.1) is 11.3 Å². The molecule has 3 rings (SSSR count). The number of aromatic amines is 1. The van der Waals surface area contributed by atoms with E-state index >= 15 is 0 Å². The largest absolute Gasteiger partial charge is 0.471 e. The highest BCUT2D eigenvalue weighted by Gasteiger charge is 2.33. The van der Waals surface area contributed by atoms with Gasteiger partial charge in [0.2, 0.25) is 0 Å². The molecule has 126 valence electrons. The third-order valence-corrected chi connectivity index (χ3v) is 4.25. The minimum atomic E-state index is -4.67. The fraction of sp³-hybridized carbons (Fsp3) is 0.188. The Bertz CT molecular complexity index is 880. The van der Waals surface area contributed by atoms with Gasteiger partial charge in [0.1, 0.15) is 6.73 Å². The van der Waals surface area contributed by atoms with Crippen LogP contribution in [0, 0.1) is 13.8 Å². The Kier molecular flexibility index (Phi) is 4.19. The number of amides is 1. The molecule has 7 nitrogen and oxygen atoms in total. The predicted molar refractivity (Wildman–Crippen MR) is 90.1 cm³/mol. The molecular weight excluding hydrogens is 331 g/mol. The fourth-order valence-electron chi connectivity index (χ4n) is 2.75. The van der Waals surface area contributed by atoms with Crippen LogP contribution in [-0.2, 0) is 13.9 Å². The van der Waals surface area contributed by atoms with Crippen LogP contribution in [0.2, 0.25) is 0 Å². The van der Waals surface area contributed by atoms with E-state index in [1.54, 1.807) is 30.3 Å². The van der Waals surface area contributed by atoms with Gasteiger partial charge in [-0.25, -0.2) is 4.57 Å². The van der Waals surface area contributed by atoms with Crippen LogP contribution in [0.25, 0.3) is 11.6 Å². The lowest BCUT2D eigenvalue weighted by atomic mass is 10.1. The molecule has 2 heterocycles. The minimum Gasteiger partial charge on any atom is -0.359 e. The highest BCUT2D eigenvalue weighted by atomic mass is 31.2. The normalized spacial score (nSPS) is 16.1. The summed E-state index contributed by atoms with van der Waals surface area (Å²) in [6, 6.07) is 9.04. The number of carbonyl (C=O) groups excluding carboxylic acids is 1. The van der Waals surface area contributed by atoms with E-state index in [0.29, 0.717) is 16.8 Å². The number of benzene rings is 1. The van der Waals surface area contributed by atoms with Crippen molar-refractivity contribution >= 4 is 31.1 Å². The number of phosphoric ester groups is 1. The highest BCUT2D eigenvalue weighted by molar-refractivity contribution is 7.46. The van der Waals surface area contributed by atoms with Crippen molar-refractivity contribution in [2.45, 2.75) is 13.8 Å². The molecule has 1 amide bonds. The maximum absolute atomic E-state index is 12.7. The molecule has 24 heavy (non-hydrogen) atoms. The van der Waals surface area contributed by atoms with Crippen LogP contribution in [0.5, 0.6) is 0 Å². The van der Waals surface area contributed by atoms with Crippen LogP contribution in [-0.4, -0.2) is 27.4 Å². The number of fused-ring (bicyclic) bond motifs is 1. The zero-order valence-electron chi connectivity index (χ0n) is 13.2. The number of carbonyl (C=O) groups is 1. The van der Waals surface area contributed by atoms with Crippen molar-refractivity contribution in [2.75, 3.05) is 11.6 Å². The standard InChI is InChI=1S/C16H17N2O5P/c1-10-7-11(2)17-14(10)8-13-12-5-3-4-6-15(12)18(16(13)19)9-23-24(20,21)22/h3-8,17H,9H2,1-2H3,(H2,20,21,22). The first-order chi connectivity index (χ1) is 11.3. The first-order valence-corrected chi connectivity index (χ1v) is 8.78. The maximum atomic E-state index is 12.7. The van der Waals surface area contributed by atoms with Crippen LogP contribution < -0.4 is 4.90 Å². The fourth-order valence-corrected chi connectivity index (χ4v) is 3.02. The van der Waals surface area contributed by atoms with Crippen molar-refractivity contribution in [3.63, 3.8) is 0 Å². The summed E-state index contributed by atoms with van der Waals surface area (Å²) in [6.07, 6.45) is 1.75. The van der Waals surface area contributed by atoms with Gasteiger partial charge in [0.25, 0.3) is 5.91 Å². The van der Waals surface area contributed by atoms with E-state index in [2.05, 4.69) is 9.51 Å². The second-order valence-corrected chi connectivity index (χ2v) is 6.85. The van der Waals surface area contributed by atoms with Crippen molar-refractivity contribution in [3.8, 4) is 0 Å². The molecule has 1 aromatic carbocycles. The smallest absolute Gasteiger partial charge is 0.359 e. The van der Waals surface area contributed by atoms with Crippen LogP contribution >= 0.6 is 7.82 Å². The number of phosphoric acid groups is 1. The SMILES string of the molecule is Cc1cc(C)c(C=C2C(=O)N(COP(=O)(O)O)c3ccccc32)[nH]1. The number of aryl methyl sites for hydroxylation is 2. The summed E-state index contributed by atoms with van der Waals surface area (Å²) in [6.45, 7) is 3.36. The number of hydrogen-bond donors (Lipinski definition) is 3. The Morgan fingerprint density at radius 1 is 1.29 bits per heavy atom. The van der Waals surface area contributed by atoms with Gasteiger partial charge < -0.3 is 14.8 Å². The van der Waals surface area contributed by atoms with Crippen molar-refractivity contribution in [2.24, 2.45) is 0 Å². The zero-order valence-corrected chi connectivity index (χ0v) is 14.1. The lowest BCUT2D eigenvalue weighted by molar-refractivity contribution is -0.113. The quantitative estimate of drug-likeness (QED) is 0.582. The third-order valence-electron chi connectivity index (χ3n) is 3.79. The number of para-hydroxylation sites is 1. The Labute approximate surface area is 138 Å². The number of H-pyrrole nitrogens is 1. The van der Waals surface area contributed by atoms with Gasteiger partial charge in [0.15, 0.2) is 0 Å². The van der Waals surface area contributed by atoms with Crippen molar-refractivity contribution in [3.05, 3.63) is 52.8 Å². The summed E-state index contributed by atoms with van der Waals surface area (Å²) in [7, 11) is -4.67. The summed E-state index contributed by atoms with van der Waals surface area (Å²) in [4.78, 5) is 34.9. The maximum Gasteiger partial charge on any atom is 0.471 e. The molecule has 0 aliphatic carbocycles. The molecule has 0 saturated carbocycles. The van der Waals surface area contributed by atoms with E-state index in [1.165, 1.54) is 4.90 Å². The summed E-state index contributed by atoms with van der Waals surface area (Å²) in [5, 5.41) is 0. The van der Waals surface area contributed by atoms with Gasteiger partial charge in [-0.2, -0.15) is 0 Å². The number of hydrogen-bond acceptors (Lipinski definition) is 3. The third kappa shape index (κ3) is 3.20. The molecule has 0 bridgehead atoms. The Morgan fingerprint density at radius 3 is 2.62 bits per heavy atom. The van der Waals surface area contributed by atoms with E-state index in [4.69, 9.17) is 9.79 Å². The molecule has 1 aliphatic heterocycles. The monoisotopic (exact) mass is 348 g/mol. The highest BCUT2D eigenvalue weighted by Crippen LogP contribution is 2.41. The second-order valence-electron chi connectivity index (χ2n) is 5.61. The average molecular weight is 348 g/mol. The van der Waals surface area contributed by atoms with Crippen LogP contribution in [0.4, 0.5) is 5.69 Å². The molecule has 0 unspecified atom stereocenters. The van der Waals surface area contributed by atoms with Gasteiger partial charge >= 0.3 is 7.82 Å². The Hall–Kier alpha value is -2.18. The molecule has 0 spiro atoms. The zero-order chi connectivity index (χ0) is 17.5. The van der Waals surface area contributed by atoms with Crippen LogP contribution in [0.15, 0.2) is 30.3 Å². The number of nitrogens with zero attached hydrogens (tertiary/aromatic N) is 1. The summed E-state index contributed by atoms with van der Waals surface area (Å²) < 4.78 is 15.4. The molecule has 0 saturated heterocycles. The Morgan fingerprint density at radius 2 is 2.00 bits per heavy atom. The van der Waals surface area contributed by atoms with Gasteiger partial charge in [-0.05, 0) is 37.6 Å². The van der Waals surface area contributed by atoms with Crippen molar-refractivity contribution in [1.29, 1.82) is 0 Å². The van der Waals surface area contributed by atoms with E-state index in [-0.39, 0.29) is 5.91 Å². The lowest BCUT2D eigenvalue weighted by Crippen LogP contribution is -2.28. The van der Waals surface area contributed by atoms with Crippen molar-refractivity contribution < 1.29 is 23.7 Å². The molecule has 3 N–H and O–H groups in total. The summed E-state index contributed by atoms with van der Waals surface area (Å²) >= 11 is 0. The number of anilines is 1. The topological polar surface area (TPSA) is 103 Å². The van der Waals surface area contributed by atoms with Gasteiger partial charge in [0, 0.05) is 17.0 Å². The molecule has 0 radical (unpaired) electrons. The molecule has 1 aromatic heterocycles. The van der Waals surface area contributed by atoms with E-state index in [1.807, 2.05) is 19.9 Å². The first-order valence-electron chi connectivity index (χ1n) is 7.25. The van der Waals surface area contributed by atoms with E-state index in [0.717, 1.165) is 17.0 Å². The molecule has 2 aromatic rings. The van der Waals surface area contributed by atoms with Crippen molar-refractivity contribution in [1.82, 2.24) is 4.98 Å². The molecular formula is C16H17N2O5P. The minimum absolute atomic E-state index is 0.365. The predicted octanol–water partition coefficient (Wildman–Crippen LogP) is 2.59. The van der Waals surface area contributed by atoms with E-state index in [9.17, 15) is 9.36 Å². The molecule has 8 heteroatoms. The van der Waals surface area contributed by atoms with Gasteiger partial charge in [-0.15, -0.1) is 0 Å². The van der Waals surface area contributed by atoms with Crippen LogP contribution in [0.3, 0.4) is 0 Å². The second kappa shape index (κ2) is 6.03. The first kappa shape index (κ1) is 16.7. The van der Waals surface area contributed by atoms with Gasteiger partial charge in [-0.1, -0.05) is 18.2 Å². The summed E-state index contributed by atoms with van der Waals surface area (Å²) in [5.74, 6) is -0.365.